The van der Waals surface area contributed by atoms with Crippen LogP contribution in [-0.4, -0.2) is 64.9 Å². The molecule has 1 aromatic heterocycles. The first-order valence-corrected chi connectivity index (χ1v) is 8.86. The summed E-state index contributed by atoms with van der Waals surface area (Å²) in [6, 6.07) is 0. The third-order valence-electron chi connectivity index (χ3n) is 4.08. The minimum Gasteiger partial charge on any atom is -0.378 e. The van der Waals surface area contributed by atoms with Gasteiger partial charge in [-0.1, -0.05) is 11.8 Å². The van der Waals surface area contributed by atoms with E-state index in [0.717, 1.165) is 38.5 Å². The van der Waals surface area contributed by atoms with E-state index in [4.69, 9.17) is 15.2 Å². The number of carbonyl (C=O) groups is 1. The predicted octanol–water partition coefficient (Wildman–Crippen LogP) is 0.260. The third kappa shape index (κ3) is 3.96. The van der Waals surface area contributed by atoms with Gasteiger partial charge in [-0.3, -0.25) is 9.36 Å². The zero-order chi connectivity index (χ0) is 16.2. The van der Waals surface area contributed by atoms with Crippen molar-refractivity contribution < 1.29 is 14.3 Å². The van der Waals surface area contributed by atoms with Crippen LogP contribution < -0.4 is 10.6 Å². The highest BCUT2D eigenvalue weighted by Crippen LogP contribution is 2.28. The van der Waals surface area contributed by atoms with Crippen LogP contribution in [0.3, 0.4) is 0 Å². The average molecular weight is 341 g/mol. The molecule has 2 aliphatic rings. The monoisotopic (exact) mass is 341 g/mol. The van der Waals surface area contributed by atoms with Crippen LogP contribution in [0.4, 0.5) is 5.95 Å². The fourth-order valence-corrected chi connectivity index (χ4v) is 3.54. The maximum atomic E-state index is 11.4. The number of morpholine rings is 1. The maximum absolute atomic E-state index is 11.4. The summed E-state index contributed by atoms with van der Waals surface area (Å²) in [5, 5.41) is 9.00. The SMILES string of the molecule is C[C@@H](Sc1nnc(N2CCOCC2)n1C[C@H]1CCCO1)C(N)=O. The number of carbonyl (C=O) groups excluding carboxylic acids is 1. The molecule has 2 atom stereocenters. The van der Waals surface area contributed by atoms with E-state index >= 15 is 0 Å². The minimum absolute atomic E-state index is 0.175. The highest BCUT2D eigenvalue weighted by Gasteiger charge is 2.26. The van der Waals surface area contributed by atoms with Gasteiger partial charge >= 0.3 is 0 Å². The van der Waals surface area contributed by atoms with Crippen LogP contribution in [0, 0.1) is 0 Å². The first-order valence-electron chi connectivity index (χ1n) is 7.98. The van der Waals surface area contributed by atoms with E-state index in [9.17, 15) is 4.79 Å². The number of amides is 1. The van der Waals surface area contributed by atoms with Crippen molar-refractivity contribution in [2.24, 2.45) is 5.73 Å². The molecule has 3 heterocycles. The lowest BCUT2D eigenvalue weighted by molar-refractivity contribution is -0.117. The van der Waals surface area contributed by atoms with Crippen LogP contribution in [0.2, 0.25) is 0 Å². The van der Waals surface area contributed by atoms with E-state index < -0.39 is 0 Å². The maximum Gasteiger partial charge on any atom is 0.230 e. The van der Waals surface area contributed by atoms with Crippen LogP contribution in [0.5, 0.6) is 0 Å². The third-order valence-corrected chi connectivity index (χ3v) is 5.18. The number of thioether (sulfide) groups is 1. The summed E-state index contributed by atoms with van der Waals surface area (Å²) in [6.07, 6.45) is 2.30. The van der Waals surface area contributed by atoms with Crippen LogP contribution in [-0.2, 0) is 20.8 Å². The van der Waals surface area contributed by atoms with Gasteiger partial charge < -0.3 is 20.1 Å². The molecule has 2 fully saturated rings. The molecule has 2 saturated heterocycles. The van der Waals surface area contributed by atoms with Gasteiger partial charge in [0.2, 0.25) is 11.9 Å². The van der Waals surface area contributed by atoms with Gasteiger partial charge in [0.05, 0.1) is 31.1 Å². The molecule has 0 spiro atoms. The molecule has 1 amide bonds. The van der Waals surface area contributed by atoms with E-state index in [1.807, 2.05) is 0 Å². The van der Waals surface area contributed by atoms with Crippen molar-refractivity contribution in [3.05, 3.63) is 0 Å². The highest BCUT2D eigenvalue weighted by molar-refractivity contribution is 8.00. The Bertz CT molecular complexity index is 541. The number of rotatable bonds is 6. The van der Waals surface area contributed by atoms with Gasteiger partial charge in [0.1, 0.15) is 0 Å². The lowest BCUT2D eigenvalue weighted by Gasteiger charge is -2.28. The molecule has 1 aromatic rings. The molecule has 2 aliphatic heterocycles. The van der Waals surface area contributed by atoms with Crippen molar-refractivity contribution in [1.29, 1.82) is 0 Å². The summed E-state index contributed by atoms with van der Waals surface area (Å²) in [7, 11) is 0. The van der Waals surface area contributed by atoms with Crippen molar-refractivity contribution in [3.8, 4) is 0 Å². The number of hydrogen-bond donors (Lipinski definition) is 1. The molecule has 0 aliphatic carbocycles. The van der Waals surface area contributed by atoms with E-state index in [1.54, 1.807) is 6.92 Å². The number of aromatic nitrogens is 3. The van der Waals surface area contributed by atoms with Gasteiger partial charge in [-0.15, -0.1) is 10.2 Å². The Labute approximate surface area is 139 Å². The molecular formula is C14H23N5O3S. The Morgan fingerprint density at radius 3 is 2.83 bits per heavy atom. The van der Waals surface area contributed by atoms with E-state index in [1.165, 1.54) is 11.8 Å². The molecule has 0 radical (unpaired) electrons. The zero-order valence-corrected chi connectivity index (χ0v) is 14.1. The summed E-state index contributed by atoms with van der Waals surface area (Å²) >= 11 is 1.35. The van der Waals surface area contributed by atoms with E-state index in [2.05, 4.69) is 19.7 Å². The van der Waals surface area contributed by atoms with E-state index in [0.29, 0.717) is 24.9 Å². The predicted molar refractivity (Wildman–Crippen MR) is 86.5 cm³/mol. The molecule has 128 valence electrons. The second-order valence-corrected chi connectivity index (χ2v) is 7.10. The number of hydrogen-bond acceptors (Lipinski definition) is 7. The van der Waals surface area contributed by atoms with Crippen LogP contribution in [0.15, 0.2) is 5.16 Å². The second-order valence-electron chi connectivity index (χ2n) is 5.79. The molecule has 2 N–H and O–H groups in total. The summed E-state index contributed by atoms with van der Waals surface area (Å²) in [5.74, 6) is 0.470. The van der Waals surface area contributed by atoms with Crippen molar-refractivity contribution in [1.82, 2.24) is 14.8 Å². The quantitative estimate of drug-likeness (QED) is 0.742. The van der Waals surface area contributed by atoms with E-state index in [-0.39, 0.29) is 17.3 Å². The van der Waals surface area contributed by atoms with Crippen molar-refractivity contribution in [3.63, 3.8) is 0 Å². The summed E-state index contributed by atoms with van der Waals surface area (Å²) in [6.45, 7) is 6.25. The molecule has 0 aromatic carbocycles. The number of anilines is 1. The fraction of sp³-hybridized carbons (Fsp3) is 0.786. The summed E-state index contributed by atoms with van der Waals surface area (Å²) < 4.78 is 13.2. The van der Waals surface area contributed by atoms with Crippen LogP contribution in [0.1, 0.15) is 19.8 Å². The van der Waals surface area contributed by atoms with Gasteiger partial charge in [0.25, 0.3) is 0 Å². The normalized spacial score (nSPS) is 23.2. The second kappa shape index (κ2) is 7.50. The number of nitrogens with zero attached hydrogens (tertiary/aromatic N) is 4. The van der Waals surface area contributed by atoms with Crippen LogP contribution in [0.25, 0.3) is 0 Å². The highest BCUT2D eigenvalue weighted by atomic mass is 32.2. The topological polar surface area (TPSA) is 95.5 Å². The Hall–Kier alpha value is -1.32. The largest absolute Gasteiger partial charge is 0.378 e. The fourth-order valence-electron chi connectivity index (χ4n) is 2.73. The Morgan fingerprint density at radius 1 is 1.39 bits per heavy atom. The van der Waals surface area contributed by atoms with Gasteiger partial charge in [0, 0.05) is 19.7 Å². The average Bonchev–Trinajstić information content (AvgIpc) is 3.19. The molecule has 0 bridgehead atoms. The number of ether oxygens (including phenoxy) is 2. The van der Waals surface area contributed by atoms with Crippen molar-refractivity contribution in [2.75, 3.05) is 37.8 Å². The summed E-state index contributed by atoms with van der Waals surface area (Å²) in [5.41, 5.74) is 5.38. The Morgan fingerprint density at radius 2 is 2.17 bits per heavy atom. The Balaban J connectivity index is 1.82. The lowest BCUT2D eigenvalue weighted by Crippen LogP contribution is -2.38. The lowest BCUT2D eigenvalue weighted by atomic mass is 10.2. The first kappa shape index (κ1) is 16.5. The van der Waals surface area contributed by atoms with Crippen molar-refractivity contribution in [2.45, 2.75) is 42.8 Å². The van der Waals surface area contributed by atoms with Crippen molar-refractivity contribution >= 4 is 23.6 Å². The smallest absolute Gasteiger partial charge is 0.230 e. The zero-order valence-electron chi connectivity index (χ0n) is 13.3. The molecule has 0 saturated carbocycles. The van der Waals surface area contributed by atoms with Gasteiger partial charge in [0.15, 0.2) is 5.16 Å². The molecule has 8 nitrogen and oxygen atoms in total. The molecule has 23 heavy (non-hydrogen) atoms. The molecule has 9 heteroatoms. The molecule has 3 rings (SSSR count). The Kier molecular flexibility index (Phi) is 5.39. The number of primary amides is 1. The molecular weight excluding hydrogens is 318 g/mol. The standard InChI is InChI=1S/C14H23N5O3S/c1-10(12(15)20)23-14-17-16-13(18-4-7-21-8-5-18)19(14)9-11-3-2-6-22-11/h10-11H,2-9H2,1H3,(H2,15,20)/t10-,11-/m1/s1. The van der Waals surface area contributed by atoms with Gasteiger partial charge in [-0.05, 0) is 19.8 Å². The van der Waals surface area contributed by atoms with Gasteiger partial charge in [-0.2, -0.15) is 0 Å². The molecule has 0 unspecified atom stereocenters. The minimum atomic E-state index is -0.352. The summed E-state index contributed by atoms with van der Waals surface area (Å²) in [4.78, 5) is 13.5. The van der Waals surface area contributed by atoms with Gasteiger partial charge in [-0.25, -0.2) is 0 Å². The van der Waals surface area contributed by atoms with Crippen LogP contribution >= 0.6 is 11.8 Å². The first-order chi connectivity index (χ1) is 11.1. The number of nitrogens with two attached hydrogens (primary N) is 1.